The van der Waals surface area contributed by atoms with Crippen LogP contribution in [0.4, 0.5) is 0 Å². The monoisotopic (exact) mass is 170 g/mol. The van der Waals surface area contributed by atoms with Gasteiger partial charge < -0.3 is 4.74 Å². The molecule has 0 amide bonds. The third-order valence-electron chi connectivity index (χ3n) is 2.36. The van der Waals surface area contributed by atoms with Crippen LogP contribution in [0, 0.1) is 17.3 Å². The number of carbonyl (C=O) groups is 1. The molecule has 0 radical (unpaired) electrons. The lowest BCUT2D eigenvalue weighted by molar-refractivity contribution is -0.147. The molecule has 1 aliphatic rings. The minimum Gasteiger partial charge on any atom is -0.465 e. The highest BCUT2D eigenvalue weighted by atomic mass is 16.5. The van der Waals surface area contributed by atoms with E-state index in [4.69, 9.17) is 4.74 Å². The Morgan fingerprint density at radius 2 is 2.08 bits per heavy atom. The number of rotatable bonds is 3. The Labute approximate surface area is 74.3 Å². The van der Waals surface area contributed by atoms with Crippen LogP contribution < -0.4 is 0 Å². The van der Waals surface area contributed by atoms with Crippen LogP contribution in [-0.4, -0.2) is 12.6 Å². The van der Waals surface area contributed by atoms with Gasteiger partial charge in [0.25, 0.3) is 0 Å². The highest BCUT2D eigenvalue weighted by Gasteiger charge is 2.51. The second kappa shape index (κ2) is 3.08. The molecule has 1 unspecified atom stereocenters. The zero-order chi connectivity index (χ0) is 9.35. The van der Waals surface area contributed by atoms with Crippen LogP contribution in [-0.2, 0) is 9.53 Å². The minimum atomic E-state index is -0.00583. The smallest absolute Gasteiger partial charge is 0.309 e. The summed E-state index contributed by atoms with van der Waals surface area (Å²) in [7, 11) is 0. The standard InChI is InChI=1S/C10H18O2/c1-7(2)6-12-9(11)8-5-10(8,3)4/h7-8H,5-6H2,1-4H3. The highest BCUT2D eigenvalue weighted by molar-refractivity contribution is 5.76. The van der Waals surface area contributed by atoms with Gasteiger partial charge in [-0.3, -0.25) is 4.79 Å². The molecule has 0 N–H and O–H groups in total. The fourth-order valence-corrected chi connectivity index (χ4v) is 1.22. The first kappa shape index (κ1) is 9.56. The Morgan fingerprint density at radius 3 is 2.42 bits per heavy atom. The second-order valence-corrected chi connectivity index (χ2v) is 4.77. The van der Waals surface area contributed by atoms with Gasteiger partial charge in [0.1, 0.15) is 0 Å². The van der Waals surface area contributed by atoms with Crippen LogP contribution in [0.5, 0.6) is 0 Å². The van der Waals surface area contributed by atoms with E-state index in [2.05, 4.69) is 13.8 Å². The summed E-state index contributed by atoms with van der Waals surface area (Å²) in [5.74, 6) is 0.598. The largest absolute Gasteiger partial charge is 0.465 e. The SMILES string of the molecule is CC(C)COC(=O)C1CC1(C)C. The third kappa shape index (κ3) is 2.23. The van der Waals surface area contributed by atoms with Crippen LogP contribution in [0.1, 0.15) is 34.1 Å². The molecule has 0 aliphatic heterocycles. The quantitative estimate of drug-likeness (QED) is 0.607. The van der Waals surface area contributed by atoms with Crippen molar-refractivity contribution in [1.29, 1.82) is 0 Å². The van der Waals surface area contributed by atoms with E-state index in [-0.39, 0.29) is 17.3 Å². The van der Waals surface area contributed by atoms with E-state index in [1.165, 1.54) is 0 Å². The lowest BCUT2D eigenvalue weighted by Crippen LogP contribution is -2.13. The fourth-order valence-electron chi connectivity index (χ4n) is 1.22. The Balaban J connectivity index is 2.23. The van der Waals surface area contributed by atoms with Gasteiger partial charge in [-0.15, -0.1) is 0 Å². The van der Waals surface area contributed by atoms with Gasteiger partial charge in [0.2, 0.25) is 0 Å². The van der Waals surface area contributed by atoms with Crippen LogP contribution in [0.25, 0.3) is 0 Å². The molecule has 0 aromatic rings. The van der Waals surface area contributed by atoms with E-state index in [0.29, 0.717) is 12.5 Å². The molecule has 1 saturated carbocycles. The van der Waals surface area contributed by atoms with E-state index in [1.807, 2.05) is 13.8 Å². The van der Waals surface area contributed by atoms with E-state index < -0.39 is 0 Å². The zero-order valence-corrected chi connectivity index (χ0v) is 8.39. The lowest BCUT2D eigenvalue weighted by Gasteiger charge is -2.07. The molecule has 2 heteroatoms. The van der Waals surface area contributed by atoms with Gasteiger partial charge >= 0.3 is 5.97 Å². The van der Waals surface area contributed by atoms with Gasteiger partial charge in [0, 0.05) is 0 Å². The summed E-state index contributed by atoms with van der Waals surface area (Å²) in [5.41, 5.74) is 0.202. The van der Waals surface area contributed by atoms with Crippen molar-refractivity contribution in [3.63, 3.8) is 0 Å². The topological polar surface area (TPSA) is 26.3 Å². The van der Waals surface area contributed by atoms with Crippen molar-refractivity contribution in [2.24, 2.45) is 17.3 Å². The van der Waals surface area contributed by atoms with Crippen molar-refractivity contribution in [1.82, 2.24) is 0 Å². The molecule has 0 saturated heterocycles. The Bertz CT molecular complexity index is 182. The highest BCUT2D eigenvalue weighted by Crippen LogP contribution is 2.52. The van der Waals surface area contributed by atoms with Crippen molar-refractivity contribution in [2.75, 3.05) is 6.61 Å². The normalized spacial score (nSPS) is 25.6. The summed E-state index contributed by atoms with van der Waals surface area (Å²) in [5, 5.41) is 0. The molecule has 0 heterocycles. The van der Waals surface area contributed by atoms with E-state index >= 15 is 0 Å². The maximum absolute atomic E-state index is 11.3. The molecule has 1 atom stereocenters. The van der Waals surface area contributed by atoms with Crippen molar-refractivity contribution < 1.29 is 9.53 Å². The fraction of sp³-hybridized carbons (Fsp3) is 0.900. The van der Waals surface area contributed by atoms with Crippen molar-refractivity contribution in [2.45, 2.75) is 34.1 Å². The van der Waals surface area contributed by atoms with Gasteiger partial charge in [-0.2, -0.15) is 0 Å². The Morgan fingerprint density at radius 1 is 1.58 bits per heavy atom. The molecule has 2 nitrogen and oxygen atoms in total. The summed E-state index contributed by atoms with van der Waals surface area (Å²) in [6.45, 7) is 8.87. The molecule has 1 aliphatic carbocycles. The lowest BCUT2D eigenvalue weighted by atomic mass is 10.1. The summed E-state index contributed by atoms with van der Waals surface area (Å²) >= 11 is 0. The van der Waals surface area contributed by atoms with Crippen molar-refractivity contribution in [3.8, 4) is 0 Å². The van der Waals surface area contributed by atoms with Gasteiger partial charge in [0.15, 0.2) is 0 Å². The predicted octanol–water partition coefficient (Wildman–Crippen LogP) is 2.23. The summed E-state index contributed by atoms with van der Waals surface area (Å²) in [6, 6.07) is 0. The molecule has 1 rings (SSSR count). The molecule has 0 spiro atoms. The van der Waals surface area contributed by atoms with Gasteiger partial charge in [-0.1, -0.05) is 27.7 Å². The number of ether oxygens (including phenoxy) is 1. The maximum atomic E-state index is 11.3. The first-order chi connectivity index (χ1) is 5.43. The average molecular weight is 170 g/mol. The van der Waals surface area contributed by atoms with Crippen LogP contribution in [0.3, 0.4) is 0 Å². The first-order valence-electron chi connectivity index (χ1n) is 4.60. The summed E-state index contributed by atoms with van der Waals surface area (Å²) < 4.78 is 5.12. The van der Waals surface area contributed by atoms with Gasteiger partial charge in [-0.05, 0) is 17.8 Å². The number of esters is 1. The number of carbonyl (C=O) groups excluding carboxylic acids is 1. The average Bonchev–Trinajstić information content (AvgIpc) is 2.55. The van der Waals surface area contributed by atoms with Crippen molar-refractivity contribution >= 4 is 5.97 Å². The first-order valence-corrected chi connectivity index (χ1v) is 4.60. The molecule has 0 aromatic heterocycles. The second-order valence-electron chi connectivity index (χ2n) is 4.77. The number of hydrogen-bond acceptors (Lipinski definition) is 2. The van der Waals surface area contributed by atoms with Crippen LogP contribution >= 0.6 is 0 Å². The molecule has 70 valence electrons. The van der Waals surface area contributed by atoms with Crippen LogP contribution in [0.15, 0.2) is 0 Å². The Kier molecular flexibility index (Phi) is 2.45. The molecular formula is C10H18O2. The van der Waals surface area contributed by atoms with Crippen LogP contribution in [0.2, 0.25) is 0 Å². The number of hydrogen-bond donors (Lipinski definition) is 0. The third-order valence-corrected chi connectivity index (χ3v) is 2.36. The van der Waals surface area contributed by atoms with Crippen molar-refractivity contribution in [3.05, 3.63) is 0 Å². The van der Waals surface area contributed by atoms with E-state index in [9.17, 15) is 4.79 Å². The maximum Gasteiger partial charge on any atom is 0.309 e. The minimum absolute atomic E-state index is 0.00583. The summed E-state index contributed by atoms with van der Waals surface area (Å²) in [4.78, 5) is 11.3. The van der Waals surface area contributed by atoms with Gasteiger partial charge in [0.05, 0.1) is 12.5 Å². The van der Waals surface area contributed by atoms with E-state index in [1.54, 1.807) is 0 Å². The molecule has 0 aromatic carbocycles. The molecule has 12 heavy (non-hydrogen) atoms. The predicted molar refractivity (Wildman–Crippen MR) is 47.7 cm³/mol. The summed E-state index contributed by atoms with van der Waals surface area (Å²) in [6.07, 6.45) is 0.990. The van der Waals surface area contributed by atoms with Gasteiger partial charge in [-0.25, -0.2) is 0 Å². The Hall–Kier alpha value is -0.530. The molecule has 1 fully saturated rings. The van der Waals surface area contributed by atoms with E-state index in [0.717, 1.165) is 6.42 Å². The zero-order valence-electron chi connectivity index (χ0n) is 8.39. The molecule has 0 bridgehead atoms. The molecular weight excluding hydrogens is 152 g/mol.